The van der Waals surface area contributed by atoms with E-state index in [2.05, 4.69) is 36.4 Å². The molecule has 0 amide bonds. The van der Waals surface area contributed by atoms with Crippen LogP contribution >= 0.6 is 0 Å². The molecule has 1 saturated heterocycles. The van der Waals surface area contributed by atoms with E-state index in [4.69, 9.17) is 4.74 Å². The lowest BCUT2D eigenvalue weighted by Crippen LogP contribution is -2.22. The zero-order chi connectivity index (χ0) is 9.83. The lowest BCUT2D eigenvalue weighted by Gasteiger charge is -2.30. The zero-order valence-corrected chi connectivity index (χ0v) is 8.60. The highest BCUT2D eigenvalue weighted by Crippen LogP contribution is 2.60. The molecule has 0 N–H and O–H groups in total. The summed E-state index contributed by atoms with van der Waals surface area (Å²) < 4.78 is 6.15. The fourth-order valence-electron chi connectivity index (χ4n) is 3.55. The molecular formula is C14H14O. The Morgan fingerprint density at radius 2 is 1.40 bits per heavy atom. The second-order valence-electron chi connectivity index (χ2n) is 4.88. The molecule has 0 saturated carbocycles. The van der Waals surface area contributed by atoms with Crippen molar-refractivity contribution in [2.75, 3.05) is 0 Å². The predicted molar refractivity (Wildman–Crippen MR) is 58.4 cm³/mol. The van der Waals surface area contributed by atoms with E-state index in [0.717, 1.165) is 11.8 Å². The van der Waals surface area contributed by atoms with Crippen LogP contribution in [0.15, 0.2) is 36.4 Å². The Labute approximate surface area is 89.8 Å². The van der Waals surface area contributed by atoms with E-state index in [1.807, 2.05) is 0 Å². The Morgan fingerprint density at radius 3 is 1.93 bits per heavy atom. The molecule has 76 valence electrons. The first-order chi connectivity index (χ1) is 7.45. The summed E-state index contributed by atoms with van der Waals surface area (Å²) in [4.78, 5) is 0. The van der Waals surface area contributed by atoms with Gasteiger partial charge in [-0.05, 0) is 35.8 Å². The van der Waals surface area contributed by atoms with Gasteiger partial charge in [0, 0.05) is 0 Å². The lowest BCUT2D eigenvalue weighted by molar-refractivity contribution is 0.0547. The van der Waals surface area contributed by atoms with E-state index in [1.165, 1.54) is 24.0 Å². The SMILES string of the molecule is C1=CCC2C(C1)[C@@H]1O[C@H]2c2ccccc21. The summed E-state index contributed by atoms with van der Waals surface area (Å²) in [5.74, 6) is 1.49. The molecular weight excluding hydrogens is 184 g/mol. The smallest absolute Gasteiger partial charge is 0.0872 e. The molecule has 1 nitrogen and oxygen atoms in total. The van der Waals surface area contributed by atoms with Crippen LogP contribution in [0.1, 0.15) is 36.2 Å². The van der Waals surface area contributed by atoms with Crippen molar-refractivity contribution in [2.45, 2.75) is 25.0 Å². The molecule has 2 unspecified atom stereocenters. The summed E-state index contributed by atoms with van der Waals surface area (Å²) in [6.07, 6.45) is 7.85. The molecule has 15 heavy (non-hydrogen) atoms. The monoisotopic (exact) mass is 198 g/mol. The number of fused-ring (bicyclic) bond motifs is 8. The number of ether oxygens (including phenoxy) is 1. The standard InChI is InChI=1S/C14H14O/c1-2-6-10-9(5-1)13-11-7-3-4-8-12(11)14(10)15-13/h1-6,11-14H,7-8H2/t11?,12?,13-,14+. The van der Waals surface area contributed by atoms with E-state index in [9.17, 15) is 0 Å². The van der Waals surface area contributed by atoms with E-state index >= 15 is 0 Å². The molecule has 4 rings (SSSR count). The number of hydrogen-bond donors (Lipinski definition) is 0. The Hall–Kier alpha value is -1.08. The van der Waals surface area contributed by atoms with Gasteiger partial charge in [0.05, 0.1) is 12.2 Å². The van der Waals surface area contributed by atoms with Crippen LogP contribution in [0.5, 0.6) is 0 Å². The van der Waals surface area contributed by atoms with Crippen molar-refractivity contribution in [3.8, 4) is 0 Å². The second-order valence-corrected chi connectivity index (χ2v) is 4.88. The van der Waals surface area contributed by atoms with Crippen molar-refractivity contribution in [2.24, 2.45) is 11.8 Å². The van der Waals surface area contributed by atoms with Gasteiger partial charge in [0.2, 0.25) is 0 Å². The zero-order valence-electron chi connectivity index (χ0n) is 8.60. The Kier molecular flexibility index (Phi) is 1.48. The minimum Gasteiger partial charge on any atom is -0.365 e. The van der Waals surface area contributed by atoms with Crippen molar-refractivity contribution in [3.05, 3.63) is 47.5 Å². The number of rotatable bonds is 0. The van der Waals surface area contributed by atoms with Gasteiger partial charge in [-0.25, -0.2) is 0 Å². The molecule has 3 aliphatic rings. The first kappa shape index (κ1) is 8.12. The molecule has 4 atom stereocenters. The first-order valence-electron chi connectivity index (χ1n) is 5.84. The average molecular weight is 198 g/mol. The first-order valence-corrected chi connectivity index (χ1v) is 5.84. The Morgan fingerprint density at radius 1 is 0.867 bits per heavy atom. The van der Waals surface area contributed by atoms with Gasteiger partial charge >= 0.3 is 0 Å². The van der Waals surface area contributed by atoms with Crippen LogP contribution in [-0.4, -0.2) is 0 Å². The van der Waals surface area contributed by atoms with Gasteiger partial charge < -0.3 is 4.74 Å². The van der Waals surface area contributed by atoms with Gasteiger partial charge in [0.15, 0.2) is 0 Å². The normalized spacial score (nSPS) is 40.3. The highest BCUT2D eigenvalue weighted by atomic mass is 16.5. The second kappa shape index (κ2) is 2.73. The van der Waals surface area contributed by atoms with Crippen LogP contribution in [0.25, 0.3) is 0 Å². The fraction of sp³-hybridized carbons (Fsp3) is 0.429. The average Bonchev–Trinajstić information content (AvgIpc) is 2.86. The minimum absolute atomic E-state index is 0.390. The van der Waals surface area contributed by atoms with Crippen LogP contribution in [0.3, 0.4) is 0 Å². The van der Waals surface area contributed by atoms with Gasteiger partial charge in [-0.2, -0.15) is 0 Å². The highest BCUT2D eigenvalue weighted by Gasteiger charge is 2.51. The summed E-state index contributed by atoms with van der Waals surface area (Å²) in [6, 6.07) is 8.76. The Bertz CT molecular complexity index is 396. The third-order valence-corrected chi connectivity index (χ3v) is 4.21. The van der Waals surface area contributed by atoms with E-state index in [-0.39, 0.29) is 0 Å². The van der Waals surface area contributed by atoms with Crippen molar-refractivity contribution in [3.63, 3.8) is 0 Å². The summed E-state index contributed by atoms with van der Waals surface area (Å²) >= 11 is 0. The van der Waals surface area contributed by atoms with Crippen LogP contribution in [0.2, 0.25) is 0 Å². The number of hydrogen-bond acceptors (Lipinski definition) is 1. The van der Waals surface area contributed by atoms with Crippen molar-refractivity contribution in [1.29, 1.82) is 0 Å². The molecule has 1 fully saturated rings. The van der Waals surface area contributed by atoms with Gasteiger partial charge in [-0.3, -0.25) is 0 Å². The van der Waals surface area contributed by atoms with Crippen LogP contribution in [0, 0.1) is 11.8 Å². The van der Waals surface area contributed by atoms with E-state index in [1.54, 1.807) is 0 Å². The summed E-state index contributed by atoms with van der Waals surface area (Å²) in [6.45, 7) is 0. The topological polar surface area (TPSA) is 9.23 Å². The van der Waals surface area contributed by atoms with E-state index < -0.39 is 0 Å². The summed E-state index contributed by atoms with van der Waals surface area (Å²) in [5, 5.41) is 0. The maximum atomic E-state index is 6.15. The van der Waals surface area contributed by atoms with Crippen molar-refractivity contribution < 1.29 is 4.74 Å². The molecule has 2 heterocycles. The van der Waals surface area contributed by atoms with Crippen molar-refractivity contribution >= 4 is 0 Å². The maximum absolute atomic E-state index is 6.15. The fourth-order valence-corrected chi connectivity index (χ4v) is 3.55. The third kappa shape index (κ3) is 0.920. The van der Waals surface area contributed by atoms with Gasteiger partial charge in [0.1, 0.15) is 0 Å². The maximum Gasteiger partial charge on any atom is 0.0872 e. The molecule has 2 bridgehead atoms. The van der Waals surface area contributed by atoms with Crippen molar-refractivity contribution in [1.82, 2.24) is 0 Å². The molecule has 1 aliphatic carbocycles. The molecule has 1 heteroatoms. The number of benzene rings is 1. The Balaban J connectivity index is 1.86. The van der Waals surface area contributed by atoms with Gasteiger partial charge in [-0.1, -0.05) is 36.4 Å². The largest absolute Gasteiger partial charge is 0.365 e. The van der Waals surface area contributed by atoms with Crippen LogP contribution in [0.4, 0.5) is 0 Å². The quantitative estimate of drug-likeness (QED) is 0.580. The van der Waals surface area contributed by atoms with Crippen LogP contribution in [-0.2, 0) is 4.74 Å². The summed E-state index contributed by atoms with van der Waals surface area (Å²) in [7, 11) is 0. The molecule has 0 radical (unpaired) electrons. The lowest BCUT2D eigenvalue weighted by atomic mass is 9.71. The summed E-state index contributed by atoms with van der Waals surface area (Å²) in [5.41, 5.74) is 2.91. The van der Waals surface area contributed by atoms with Gasteiger partial charge in [-0.15, -0.1) is 0 Å². The highest BCUT2D eigenvalue weighted by molar-refractivity contribution is 5.39. The molecule has 2 aliphatic heterocycles. The molecule has 1 aromatic carbocycles. The molecule has 0 spiro atoms. The molecule has 1 aromatic rings. The number of allylic oxidation sites excluding steroid dienone is 2. The van der Waals surface area contributed by atoms with E-state index in [0.29, 0.717) is 12.2 Å². The molecule has 0 aromatic heterocycles. The third-order valence-electron chi connectivity index (χ3n) is 4.21. The predicted octanol–water partition coefficient (Wildman–Crippen LogP) is 3.40. The van der Waals surface area contributed by atoms with Crippen LogP contribution < -0.4 is 0 Å². The van der Waals surface area contributed by atoms with Gasteiger partial charge in [0.25, 0.3) is 0 Å². The minimum atomic E-state index is 0.390.